The highest BCUT2D eigenvalue weighted by Gasteiger charge is 2.26. The molecule has 1 aliphatic heterocycles. The summed E-state index contributed by atoms with van der Waals surface area (Å²) in [4.78, 5) is 14.6. The Balaban J connectivity index is 1.62. The molecule has 1 N–H and O–H groups in total. The van der Waals surface area contributed by atoms with Gasteiger partial charge in [-0.1, -0.05) is 18.2 Å². The van der Waals surface area contributed by atoms with Gasteiger partial charge in [-0.3, -0.25) is 4.79 Å². The number of ether oxygens (including phenoxy) is 1. The Morgan fingerprint density at radius 2 is 1.92 bits per heavy atom. The normalized spacial score (nSPS) is 15.1. The van der Waals surface area contributed by atoms with E-state index in [9.17, 15) is 9.18 Å². The lowest BCUT2D eigenvalue weighted by atomic mass is 9.95. The second kappa shape index (κ2) is 7.55. The lowest BCUT2D eigenvalue weighted by Crippen LogP contribution is -2.38. The molecule has 0 spiro atoms. The highest BCUT2D eigenvalue weighted by atomic mass is 19.1. The summed E-state index contributed by atoms with van der Waals surface area (Å²) in [6.45, 7) is 3.32. The molecule has 1 aliphatic rings. The SMILES string of the molecule is COc1ccc(C)cc1NC(=O)C1CCN(c2ccccc2F)CC1. The van der Waals surface area contributed by atoms with Crippen LogP contribution in [0, 0.1) is 18.7 Å². The number of anilines is 2. The topological polar surface area (TPSA) is 41.6 Å². The first kappa shape index (κ1) is 17.3. The van der Waals surface area contributed by atoms with Gasteiger partial charge in [-0.25, -0.2) is 4.39 Å². The van der Waals surface area contributed by atoms with Crippen molar-refractivity contribution in [1.29, 1.82) is 0 Å². The molecule has 0 radical (unpaired) electrons. The van der Waals surface area contributed by atoms with E-state index >= 15 is 0 Å². The monoisotopic (exact) mass is 342 g/mol. The summed E-state index contributed by atoms with van der Waals surface area (Å²) in [5.41, 5.74) is 2.37. The molecule has 3 rings (SSSR count). The second-order valence-corrected chi connectivity index (χ2v) is 6.41. The van der Waals surface area contributed by atoms with Crippen molar-refractivity contribution < 1.29 is 13.9 Å². The number of nitrogens with one attached hydrogen (secondary N) is 1. The number of para-hydroxylation sites is 1. The Bertz CT molecular complexity index is 755. The molecule has 0 aliphatic carbocycles. The van der Waals surface area contributed by atoms with E-state index in [1.807, 2.05) is 36.1 Å². The van der Waals surface area contributed by atoms with Crippen LogP contribution >= 0.6 is 0 Å². The number of nitrogens with zero attached hydrogens (tertiary/aromatic N) is 1. The molecule has 1 saturated heterocycles. The van der Waals surface area contributed by atoms with Crippen molar-refractivity contribution in [1.82, 2.24) is 0 Å². The van der Waals surface area contributed by atoms with E-state index in [4.69, 9.17) is 4.74 Å². The van der Waals surface area contributed by atoms with Crippen LogP contribution in [0.5, 0.6) is 5.75 Å². The number of rotatable bonds is 4. The van der Waals surface area contributed by atoms with E-state index in [0.717, 1.165) is 5.56 Å². The van der Waals surface area contributed by atoms with Crippen molar-refractivity contribution in [3.05, 3.63) is 53.8 Å². The van der Waals surface area contributed by atoms with Crippen LogP contribution in [0.1, 0.15) is 18.4 Å². The van der Waals surface area contributed by atoms with Gasteiger partial charge in [0.05, 0.1) is 18.5 Å². The highest BCUT2D eigenvalue weighted by Crippen LogP contribution is 2.29. The number of methoxy groups -OCH3 is 1. The molecule has 1 fully saturated rings. The maximum atomic E-state index is 13.9. The lowest BCUT2D eigenvalue weighted by molar-refractivity contribution is -0.120. The Hall–Kier alpha value is -2.56. The van der Waals surface area contributed by atoms with Gasteiger partial charge in [-0.05, 0) is 49.6 Å². The summed E-state index contributed by atoms with van der Waals surface area (Å²) in [7, 11) is 1.59. The van der Waals surface area contributed by atoms with E-state index in [1.54, 1.807) is 19.2 Å². The van der Waals surface area contributed by atoms with E-state index in [0.29, 0.717) is 43.1 Å². The Morgan fingerprint density at radius 3 is 2.60 bits per heavy atom. The number of hydrogen-bond acceptors (Lipinski definition) is 3. The molecular formula is C20H23FN2O2. The second-order valence-electron chi connectivity index (χ2n) is 6.41. The van der Waals surface area contributed by atoms with Crippen LogP contribution in [0.3, 0.4) is 0 Å². The molecule has 2 aromatic carbocycles. The molecular weight excluding hydrogens is 319 g/mol. The number of aryl methyl sites for hydroxylation is 1. The molecule has 0 saturated carbocycles. The Kier molecular flexibility index (Phi) is 5.22. The number of carbonyl (C=O) groups excluding carboxylic acids is 1. The van der Waals surface area contributed by atoms with Crippen LogP contribution in [-0.2, 0) is 4.79 Å². The molecule has 0 atom stereocenters. The quantitative estimate of drug-likeness (QED) is 0.913. The average Bonchev–Trinajstić information content (AvgIpc) is 2.62. The van der Waals surface area contributed by atoms with Crippen LogP contribution in [0.25, 0.3) is 0 Å². The lowest BCUT2D eigenvalue weighted by Gasteiger charge is -2.33. The number of benzene rings is 2. The van der Waals surface area contributed by atoms with Crippen molar-refractivity contribution in [3.63, 3.8) is 0 Å². The maximum Gasteiger partial charge on any atom is 0.227 e. The summed E-state index contributed by atoms with van der Waals surface area (Å²) in [6, 6.07) is 12.5. The number of piperidine rings is 1. The summed E-state index contributed by atoms with van der Waals surface area (Å²) in [5, 5.41) is 2.98. The van der Waals surface area contributed by atoms with Crippen LogP contribution < -0.4 is 15.0 Å². The van der Waals surface area contributed by atoms with Crippen LogP contribution in [-0.4, -0.2) is 26.1 Å². The van der Waals surface area contributed by atoms with Gasteiger partial charge in [-0.2, -0.15) is 0 Å². The highest BCUT2D eigenvalue weighted by molar-refractivity contribution is 5.94. The zero-order chi connectivity index (χ0) is 17.8. The van der Waals surface area contributed by atoms with E-state index in [2.05, 4.69) is 5.32 Å². The van der Waals surface area contributed by atoms with Gasteiger partial charge in [0, 0.05) is 19.0 Å². The smallest absolute Gasteiger partial charge is 0.227 e. The average molecular weight is 342 g/mol. The number of amides is 1. The standard InChI is InChI=1S/C20H23FN2O2/c1-14-7-8-19(25-2)17(13-14)22-20(24)15-9-11-23(12-10-15)18-6-4-3-5-16(18)21/h3-8,13,15H,9-12H2,1-2H3,(H,22,24). The molecule has 0 unspecified atom stereocenters. The van der Waals surface area contributed by atoms with Gasteiger partial charge >= 0.3 is 0 Å². The van der Waals surface area contributed by atoms with Crippen LogP contribution in [0.4, 0.5) is 15.8 Å². The van der Waals surface area contributed by atoms with Crippen molar-refractivity contribution in [2.75, 3.05) is 30.4 Å². The van der Waals surface area contributed by atoms with Crippen molar-refractivity contribution in [2.45, 2.75) is 19.8 Å². The number of carbonyl (C=O) groups is 1. The minimum absolute atomic E-state index is 0.00270. The van der Waals surface area contributed by atoms with Crippen LogP contribution in [0.2, 0.25) is 0 Å². The van der Waals surface area contributed by atoms with Crippen molar-refractivity contribution >= 4 is 17.3 Å². The van der Waals surface area contributed by atoms with Gasteiger partial charge < -0.3 is 15.0 Å². The maximum absolute atomic E-state index is 13.9. The fraction of sp³-hybridized carbons (Fsp3) is 0.350. The summed E-state index contributed by atoms with van der Waals surface area (Å²) >= 11 is 0. The molecule has 1 heterocycles. The number of hydrogen-bond donors (Lipinski definition) is 1. The summed E-state index contributed by atoms with van der Waals surface area (Å²) < 4.78 is 19.2. The van der Waals surface area contributed by atoms with Crippen LogP contribution in [0.15, 0.2) is 42.5 Å². The van der Waals surface area contributed by atoms with Gasteiger partial charge in [0.2, 0.25) is 5.91 Å². The van der Waals surface area contributed by atoms with Gasteiger partial charge in [0.15, 0.2) is 0 Å². The minimum atomic E-state index is -0.213. The largest absolute Gasteiger partial charge is 0.495 e. The van der Waals surface area contributed by atoms with E-state index in [-0.39, 0.29) is 17.6 Å². The Morgan fingerprint density at radius 1 is 1.20 bits per heavy atom. The molecule has 25 heavy (non-hydrogen) atoms. The fourth-order valence-corrected chi connectivity index (χ4v) is 3.25. The first-order chi connectivity index (χ1) is 12.1. The molecule has 1 amide bonds. The van der Waals surface area contributed by atoms with E-state index < -0.39 is 0 Å². The van der Waals surface area contributed by atoms with Crippen molar-refractivity contribution in [3.8, 4) is 5.75 Å². The summed E-state index contributed by atoms with van der Waals surface area (Å²) in [6.07, 6.45) is 1.41. The number of halogens is 1. The zero-order valence-corrected chi connectivity index (χ0v) is 14.6. The molecule has 2 aromatic rings. The Labute approximate surface area is 147 Å². The predicted molar refractivity (Wildman–Crippen MR) is 97.7 cm³/mol. The third kappa shape index (κ3) is 3.92. The van der Waals surface area contributed by atoms with Gasteiger partial charge in [-0.15, -0.1) is 0 Å². The third-order valence-electron chi connectivity index (χ3n) is 4.67. The third-order valence-corrected chi connectivity index (χ3v) is 4.67. The van der Waals surface area contributed by atoms with E-state index in [1.165, 1.54) is 6.07 Å². The van der Waals surface area contributed by atoms with Gasteiger partial charge in [0.25, 0.3) is 0 Å². The molecule has 5 heteroatoms. The fourth-order valence-electron chi connectivity index (χ4n) is 3.25. The predicted octanol–water partition coefficient (Wildman–Crippen LogP) is 4.00. The molecule has 4 nitrogen and oxygen atoms in total. The van der Waals surface area contributed by atoms with Gasteiger partial charge in [0.1, 0.15) is 11.6 Å². The molecule has 132 valence electrons. The first-order valence-corrected chi connectivity index (χ1v) is 8.53. The van der Waals surface area contributed by atoms with Crippen molar-refractivity contribution in [2.24, 2.45) is 5.92 Å². The molecule has 0 aromatic heterocycles. The molecule has 0 bridgehead atoms. The summed E-state index contributed by atoms with van der Waals surface area (Å²) in [5.74, 6) is 0.364. The zero-order valence-electron chi connectivity index (χ0n) is 14.6. The minimum Gasteiger partial charge on any atom is -0.495 e. The first-order valence-electron chi connectivity index (χ1n) is 8.53.